The summed E-state index contributed by atoms with van der Waals surface area (Å²) < 4.78 is 0. The number of carboxylic acid groups (broad SMARTS) is 1. The van der Waals surface area contributed by atoms with Gasteiger partial charge in [0.25, 0.3) is 0 Å². The van der Waals surface area contributed by atoms with Crippen LogP contribution in [-0.2, 0) is 28.8 Å². The van der Waals surface area contributed by atoms with Crippen LogP contribution in [0.1, 0.15) is 44.9 Å². The Balaban J connectivity index is 5.61. The largest absolute Gasteiger partial charge is 0.480 e. The number of hydrogen-bond donors (Lipinski definition) is 10. The van der Waals surface area contributed by atoms with Crippen molar-refractivity contribution < 1.29 is 33.9 Å². The smallest absolute Gasteiger partial charge is 0.326 e. The van der Waals surface area contributed by atoms with Gasteiger partial charge in [0.15, 0.2) is 5.96 Å². The van der Waals surface area contributed by atoms with Crippen molar-refractivity contribution >= 4 is 41.5 Å². The maximum atomic E-state index is 13.0. The molecule has 5 amide bonds. The van der Waals surface area contributed by atoms with Crippen LogP contribution in [0, 0.1) is 0 Å². The first-order chi connectivity index (χ1) is 17.3. The van der Waals surface area contributed by atoms with Crippen LogP contribution in [0.25, 0.3) is 0 Å². The highest BCUT2D eigenvalue weighted by Gasteiger charge is 2.31. The summed E-state index contributed by atoms with van der Waals surface area (Å²) in [5, 5.41) is 16.3. The average molecular weight is 531 g/mol. The fraction of sp³-hybridized carbons (Fsp3) is 0.650. The van der Waals surface area contributed by atoms with Crippen LogP contribution in [0.15, 0.2) is 4.99 Å². The van der Waals surface area contributed by atoms with E-state index in [1.807, 2.05) is 0 Å². The minimum atomic E-state index is -1.54. The van der Waals surface area contributed by atoms with Gasteiger partial charge in [0, 0.05) is 6.54 Å². The van der Waals surface area contributed by atoms with E-state index < -0.39 is 72.5 Å². The number of rotatable bonds is 19. The number of carbonyl (C=O) groups excluding carboxylic acids is 5. The van der Waals surface area contributed by atoms with Gasteiger partial charge in [0.2, 0.25) is 29.5 Å². The van der Waals surface area contributed by atoms with Gasteiger partial charge in [0.05, 0.1) is 18.9 Å². The molecule has 0 aromatic heterocycles. The fourth-order valence-electron chi connectivity index (χ4n) is 3.07. The van der Waals surface area contributed by atoms with Crippen LogP contribution >= 0.6 is 0 Å². The van der Waals surface area contributed by atoms with Gasteiger partial charge in [0.1, 0.15) is 18.1 Å². The van der Waals surface area contributed by atoms with E-state index in [0.717, 1.165) is 0 Å². The zero-order valence-electron chi connectivity index (χ0n) is 20.5. The lowest BCUT2D eigenvalue weighted by Gasteiger charge is -2.24. The van der Waals surface area contributed by atoms with E-state index in [-0.39, 0.29) is 31.8 Å². The summed E-state index contributed by atoms with van der Waals surface area (Å²) in [6, 6.07) is -5.48. The topological polar surface area (TPSA) is 327 Å². The number of guanidine groups is 1. The second-order valence-electron chi connectivity index (χ2n) is 8.20. The molecule has 0 aliphatic carbocycles. The molecule has 17 nitrogen and oxygen atoms in total. The molecular formula is C20H38N10O7. The molecule has 17 heteroatoms. The van der Waals surface area contributed by atoms with Crippen LogP contribution in [-0.4, -0.2) is 83.8 Å². The lowest BCUT2D eigenvalue weighted by molar-refractivity contribution is -0.142. The van der Waals surface area contributed by atoms with Gasteiger partial charge in [-0.15, -0.1) is 0 Å². The van der Waals surface area contributed by atoms with Crippen molar-refractivity contribution in [2.45, 2.75) is 69.1 Å². The highest BCUT2D eigenvalue weighted by atomic mass is 16.4. The van der Waals surface area contributed by atoms with Crippen LogP contribution in [0.5, 0.6) is 0 Å². The maximum Gasteiger partial charge on any atom is 0.326 e. The number of carbonyl (C=O) groups is 6. The first-order valence-corrected chi connectivity index (χ1v) is 11.5. The Morgan fingerprint density at radius 2 is 1.22 bits per heavy atom. The third kappa shape index (κ3) is 14.9. The van der Waals surface area contributed by atoms with E-state index >= 15 is 0 Å². The number of amides is 5. The van der Waals surface area contributed by atoms with Crippen molar-refractivity contribution in [2.24, 2.45) is 39.4 Å². The Labute approximate surface area is 213 Å². The molecule has 0 spiro atoms. The highest BCUT2D eigenvalue weighted by molar-refractivity contribution is 5.96. The number of nitrogens with one attached hydrogen (secondary N) is 3. The van der Waals surface area contributed by atoms with Gasteiger partial charge in [-0.3, -0.25) is 29.0 Å². The molecule has 0 aromatic carbocycles. The number of nitrogens with two attached hydrogens (primary N) is 6. The van der Waals surface area contributed by atoms with Crippen LogP contribution in [0.3, 0.4) is 0 Å². The number of aliphatic carboxylic acids is 1. The monoisotopic (exact) mass is 530 g/mol. The zero-order valence-corrected chi connectivity index (χ0v) is 20.5. The lowest BCUT2D eigenvalue weighted by atomic mass is 10.1. The van der Waals surface area contributed by atoms with Crippen molar-refractivity contribution in [1.29, 1.82) is 0 Å². The zero-order chi connectivity index (χ0) is 28.5. The second-order valence-corrected chi connectivity index (χ2v) is 8.20. The first-order valence-electron chi connectivity index (χ1n) is 11.5. The number of nitrogens with zero attached hydrogens (tertiary/aromatic N) is 1. The molecule has 0 rings (SSSR count). The summed E-state index contributed by atoms with van der Waals surface area (Å²) in [6.45, 7) is 0.434. The van der Waals surface area contributed by atoms with E-state index in [2.05, 4.69) is 20.9 Å². The Bertz CT molecular complexity index is 847. The summed E-state index contributed by atoms with van der Waals surface area (Å²) in [4.78, 5) is 76.0. The van der Waals surface area contributed by atoms with Crippen molar-refractivity contribution in [3.63, 3.8) is 0 Å². The van der Waals surface area contributed by atoms with Gasteiger partial charge in [-0.1, -0.05) is 0 Å². The molecule has 16 N–H and O–H groups in total. The molecule has 0 radical (unpaired) electrons. The Morgan fingerprint density at radius 3 is 1.73 bits per heavy atom. The van der Waals surface area contributed by atoms with Crippen molar-refractivity contribution in [1.82, 2.24) is 16.0 Å². The standard InChI is InChI=1S/C20H38N10O7/c21-6-2-1-4-12(19(36)37)29-18(35)13(9-15(24)32)30-17(34)11(5-3-7-27-20(25)26)28-16(33)10(22)8-14(23)31/h10-13H,1-9,21-22H2,(H2,23,31)(H2,24,32)(H,28,33)(H,29,35)(H,30,34)(H,36,37)(H4,25,26,27). The fourth-order valence-corrected chi connectivity index (χ4v) is 3.07. The number of carboxylic acids is 1. The van der Waals surface area contributed by atoms with Gasteiger partial charge >= 0.3 is 5.97 Å². The minimum absolute atomic E-state index is 0.0284. The maximum absolute atomic E-state index is 13.0. The quantitative estimate of drug-likeness (QED) is 0.0427. The molecule has 0 aliphatic heterocycles. The van der Waals surface area contributed by atoms with E-state index in [4.69, 9.17) is 34.4 Å². The average Bonchev–Trinajstić information content (AvgIpc) is 2.78. The minimum Gasteiger partial charge on any atom is -0.480 e. The van der Waals surface area contributed by atoms with Crippen molar-refractivity contribution in [3.8, 4) is 0 Å². The van der Waals surface area contributed by atoms with E-state index in [1.165, 1.54) is 0 Å². The molecule has 0 saturated carbocycles. The van der Waals surface area contributed by atoms with Crippen molar-refractivity contribution in [3.05, 3.63) is 0 Å². The van der Waals surface area contributed by atoms with Gasteiger partial charge < -0.3 is 55.5 Å². The third-order valence-corrected chi connectivity index (χ3v) is 4.94. The summed E-state index contributed by atoms with van der Waals surface area (Å²) in [5.74, 6) is -6.04. The Hall–Kier alpha value is -3.99. The number of primary amides is 2. The predicted molar refractivity (Wildman–Crippen MR) is 132 cm³/mol. The molecule has 0 aromatic rings. The van der Waals surface area contributed by atoms with E-state index in [9.17, 15) is 33.9 Å². The SMILES string of the molecule is NCCCCC(NC(=O)C(CC(N)=O)NC(=O)C(CCCN=C(N)N)NC(=O)C(N)CC(N)=O)C(=O)O. The highest BCUT2D eigenvalue weighted by Crippen LogP contribution is 2.05. The van der Waals surface area contributed by atoms with Crippen LogP contribution in [0.2, 0.25) is 0 Å². The summed E-state index contributed by atoms with van der Waals surface area (Å²) in [7, 11) is 0. The Kier molecular flexibility index (Phi) is 15.6. The molecule has 0 saturated heterocycles. The predicted octanol–water partition coefficient (Wildman–Crippen LogP) is -5.21. The normalized spacial score (nSPS) is 13.8. The van der Waals surface area contributed by atoms with Gasteiger partial charge in [-0.05, 0) is 38.6 Å². The van der Waals surface area contributed by atoms with Crippen molar-refractivity contribution in [2.75, 3.05) is 13.1 Å². The molecule has 4 unspecified atom stereocenters. The molecule has 210 valence electrons. The van der Waals surface area contributed by atoms with Crippen LogP contribution < -0.4 is 50.4 Å². The lowest BCUT2D eigenvalue weighted by Crippen LogP contribution is -2.58. The number of aliphatic imine (C=N–C) groups is 1. The number of unbranched alkanes of at least 4 members (excludes halogenated alkanes) is 1. The molecule has 4 atom stereocenters. The summed E-state index contributed by atoms with van der Waals surface area (Å²) >= 11 is 0. The molecule has 0 bridgehead atoms. The third-order valence-electron chi connectivity index (χ3n) is 4.94. The van der Waals surface area contributed by atoms with Crippen LogP contribution in [0.4, 0.5) is 0 Å². The summed E-state index contributed by atoms with van der Waals surface area (Å²) in [5.41, 5.74) is 31.8. The second kappa shape index (κ2) is 17.4. The van der Waals surface area contributed by atoms with Gasteiger partial charge in [-0.2, -0.15) is 0 Å². The molecule has 0 fully saturated rings. The summed E-state index contributed by atoms with van der Waals surface area (Å²) in [6.07, 6.45) is 0.0484. The Morgan fingerprint density at radius 1 is 0.703 bits per heavy atom. The molecule has 0 heterocycles. The van der Waals surface area contributed by atoms with E-state index in [0.29, 0.717) is 19.4 Å². The molecule has 0 aliphatic rings. The first kappa shape index (κ1) is 33.0. The van der Waals surface area contributed by atoms with Gasteiger partial charge in [-0.25, -0.2) is 4.79 Å². The molecule has 37 heavy (non-hydrogen) atoms. The molecular weight excluding hydrogens is 492 g/mol. The van der Waals surface area contributed by atoms with E-state index in [1.54, 1.807) is 0 Å². The number of hydrogen-bond acceptors (Lipinski definition) is 9.